The van der Waals surface area contributed by atoms with E-state index in [2.05, 4.69) is 19.8 Å². The van der Waals surface area contributed by atoms with Crippen LogP contribution < -0.4 is 4.90 Å². The molecule has 1 aliphatic heterocycles. The van der Waals surface area contributed by atoms with E-state index in [1.54, 1.807) is 24.5 Å². The Morgan fingerprint density at radius 3 is 2.82 bits per heavy atom. The predicted molar refractivity (Wildman–Crippen MR) is 110 cm³/mol. The molecule has 0 saturated carbocycles. The van der Waals surface area contributed by atoms with E-state index < -0.39 is 0 Å². The average molecular weight is 395 g/mol. The van der Waals surface area contributed by atoms with Gasteiger partial charge in [0.05, 0.1) is 10.3 Å². The average Bonchev–Trinajstić information content (AvgIpc) is 3.30. The molecule has 0 bridgehead atoms. The molecule has 0 amide bonds. The SMILES string of the molecule is O=[N+]([O-])c1cccc(CN2CCN(c3ncnc4sc5c(c34)CCC5)CC2)c1. The van der Waals surface area contributed by atoms with E-state index in [1.807, 2.05) is 17.4 Å². The van der Waals surface area contributed by atoms with Crippen LogP contribution in [-0.4, -0.2) is 46.0 Å². The van der Waals surface area contributed by atoms with Crippen molar-refractivity contribution in [3.8, 4) is 0 Å². The summed E-state index contributed by atoms with van der Waals surface area (Å²) in [5, 5.41) is 12.3. The minimum atomic E-state index is -0.332. The van der Waals surface area contributed by atoms with Crippen LogP contribution in [0, 0.1) is 10.1 Å². The Labute approximate surface area is 166 Å². The highest BCUT2D eigenvalue weighted by molar-refractivity contribution is 7.19. The highest BCUT2D eigenvalue weighted by Gasteiger charge is 2.25. The zero-order chi connectivity index (χ0) is 19.1. The first-order valence-electron chi connectivity index (χ1n) is 9.65. The van der Waals surface area contributed by atoms with Gasteiger partial charge in [0.1, 0.15) is 17.0 Å². The van der Waals surface area contributed by atoms with Crippen molar-refractivity contribution in [1.82, 2.24) is 14.9 Å². The van der Waals surface area contributed by atoms with Gasteiger partial charge in [-0.25, -0.2) is 9.97 Å². The van der Waals surface area contributed by atoms with Gasteiger partial charge in [0.25, 0.3) is 5.69 Å². The number of non-ortho nitro benzene ring substituents is 1. The van der Waals surface area contributed by atoms with Crippen molar-refractivity contribution in [1.29, 1.82) is 0 Å². The maximum atomic E-state index is 11.0. The van der Waals surface area contributed by atoms with Gasteiger partial charge in [0.15, 0.2) is 0 Å². The third kappa shape index (κ3) is 3.12. The number of anilines is 1. The second-order valence-electron chi connectivity index (χ2n) is 7.42. The van der Waals surface area contributed by atoms with Crippen LogP contribution in [0.25, 0.3) is 10.2 Å². The van der Waals surface area contributed by atoms with Gasteiger partial charge < -0.3 is 4.90 Å². The molecule has 28 heavy (non-hydrogen) atoms. The molecule has 1 aromatic carbocycles. The van der Waals surface area contributed by atoms with Crippen molar-refractivity contribution < 1.29 is 4.92 Å². The van der Waals surface area contributed by atoms with Crippen LogP contribution in [0.2, 0.25) is 0 Å². The lowest BCUT2D eigenvalue weighted by molar-refractivity contribution is -0.384. The molecule has 1 saturated heterocycles. The lowest BCUT2D eigenvalue weighted by atomic mass is 10.1. The number of nitrogens with zero attached hydrogens (tertiary/aromatic N) is 5. The van der Waals surface area contributed by atoms with Crippen LogP contribution in [0.5, 0.6) is 0 Å². The predicted octanol–water partition coefficient (Wildman–Crippen LogP) is 3.41. The summed E-state index contributed by atoms with van der Waals surface area (Å²) < 4.78 is 0. The number of benzene rings is 1. The second kappa shape index (κ2) is 7.10. The van der Waals surface area contributed by atoms with Gasteiger partial charge in [-0.05, 0) is 30.4 Å². The topological polar surface area (TPSA) is 75.4 Å². The number of hydrogen-bond acceptors (Lipinski definition) is 7. The molecule has 0 radical (unpaired) electrons. The second-order valence-corrected chi connectivity index (χ2v) is 8.51. The Morgan fingerprint density at radius 1 is 1.14 bits per heavy atom. The van der Waals surface area contributed by atoms with Crippen LogP contribution in [0.1, 0.15) is 22.4 Å². The van der Waals surface area contributed by atoms with Crippen molar-refractivity contribution in [2.75, 3.05) is 31.1 Å². The molecule has 2 aromatic heterocycles. The molecule has 2 aliphatic rings. The smallest absolute Gasteiger partial charge is 0.269 e. The van der Waals surface area contributed by atoms with Crippen LogP contribution in [0.3, 0.4) is 0 Å². The first kappa shape index (κ1) is 17.5. The number of aryl methyl sites for hydroxylation is 2. The molecule has 3 heterocycles. The van der Waals surface area contributed by atoms with Gasteiger partial charge in [0.2, 0.25) is 0 Å². The normalized spacial score (nSPS) is 17.2. The lowest BCUT2D eigenvalue weighted by Crippen LogP contribution is -2.46. The van der Waals surface area contributed by atoms with Crippen LogP contribution in [-0.2, 0) is 19.4 Å². The van der Waals surface area contributed by atoms with Crippen molar-refractivity contribution in [2.24, 2.45) is 0 Å². The summed E-state index contributed by atoms with van der Waals surface area (Å²) in [6.07, 6.45) is 5.25. The molecule has 0 spiro atoms. The van der Waals surface area contributed by atoms with E-state index in [0.717, 1.165) is 55.4 Å². The van der Waals surface area contributed by atoms with Gasteiger partial charge in [-0.1, -0.05) is 12.1 Å². The summed E-state index contributed by atoms with van der Waals surface area (Å²) >= 11 is 1.83. The van der Waals surface area contributed by atoms with Crippen LogP contribution >= 0.6 is 11.3 Å². The third-order valence-electron chi connectivity index (χ3n) is 5.68. The molecule has 0 atom stereocenters. The molecule has 144 valence electrons. The summed E-state index contributed by atoms with van der Waals surface area (Å²) in [6.45, 7) is 4.39. The zero-order valence-electron chi connectivity index (χ0n) is 15.5. The molecular formula is C20H21N5O2S. The number of fused-ring (bicyclic) bond motifs is 3. The molecule has 3 aromatic rings. The molecular weight excluding hydrogens is 374 g/mol. The Morgan fingerprint density at radius 2 is 2.00 bits per heavy atom. The van der Waals surface area contributed by atoms with E-state index in [4.69, 9.17) is 0 Å². The zero-order valence-corrected chi connectivity index (χ0v) is 16.3. The maximum absolute atomic E-state index is 11.0. The number of rotatable bonds is 4. The molecule has 5 rings (SSSR count). The Hall–Kier alpha value is -2.58. The van der Waals surface area contributed by atoms with E-state index in [9.17, 15) is 10.1 Å². The molecule has 0 N–H and O–H groups in total. The highest BCUT2D eigenvalue weighted by atomic mass is 32.1. The third-order valence-corrected chi connectivity index (χ3v) is 6.88. The molecule has 1 fully saturated rings. The summed E-state index contributed by atoms with van der Waals surface area (Å²) in [5.41, 5.74) is 2.61. The fourth-order valence-corrected chi connectivity index (χ4v) is 5.52. The van der Waals surface area contributed by atoms with Crippen molar-refractivity contribution in [3.63, 3.8) is 0 Å². The number of piperazine rings is 1. The van der Waals surface area contributed by atoms with Gasteiger partial charge in [-0.3, -0.25) is 15.0 Å². The lowest BCUT2D eigenvalue weighted by Gasteiger charge is -2.35. The van der Waals surface area contributed by atoms with Crippen molar-refractivity contribution in [3.05, 3.63) is 56.7 Å². The van der Waals surface area contributed by atoms with E-state index >= 15 is 0 Å². The van der Waals surface area contributed by atoms with Gasteiger partial charge in [-0.15, -0.1) is 11.3 Å². The van der Waals surface area contributed by atoms with E-state index in [1.165, 1.54) is 28.7 Å². The Kier molecular flexibility index (Phi) is 4.44. The van der Waals surface area contributed by atoms with Gasteiger partial charge >= 0.3 is 0 Å². The Balaban J connectivity index is 1.31. The quantitative estimate of drug-likeness (QED) is 0.498. The largest absolute Gasteiger partial charge is 0.353 e. The fourth-order valence-electron chi connectivity index (χ4n) is 4.30. The molecule has 7 nitrogen and oxygen atoms in total. The molecule has 0 unspecified atom stereocenters. The number of nitro groups is 1. The molecule has 8 heteroatoms. The highest BCUT2D eigenvalue weighted by Crippen LogP contribution is 2.40. The minimum absolute atomic E-state index is 0.158. The van der Waals surface area contributed by atoms with Crippen LogP contribution in [0.4, 0.5) is 11.5 Å². The monoisotopic (exact) mass is 395 g/mol. The van der Waals surface area contributed by atoms with Gasteiger partial charge in [0, 0.05) is 49.7 Å². The van der Waals surface area contributed by atoms with E-state index in [-0.39, 0.29) is 10.6 Å². The number of thiophene rings is 1. The summed E-state index contributed by atoms with van der Waals surface area (Å²) in [5.74, 6) is 1.08. The standard InChI is InChI=1S/C20H21N5O2S/c26-25(27)15-4-1-3-14(11-15)12-23-7-9-24(10-8-23)19-18-16-5-2-6-17(16)28-20(18)22-13-21-19/h1,3-4,11,13H,2,5-10,12H2. The maximum Gasteiger partial charge on any atom is 0.269 e. The van der Waals surface area contributed by atoms with Crippen molar-refractivity contribution >= 4 is 33.1 Å². The summed E-state index contributed by atoms with van der Waals surface area (Å²) in [6, 6.07) is 6.94. The summed E-state index contributed by atoms with van der Waals surface area (Å²) in [4.78, 5) is 27.1. The fraction of sp³-hybridized carbons (Fsp3) is 0.400. The summed E-state index contributed by atoms with van der Waals surface area (Å²) in [7, 11) is 0. The van der Waals surface area contributed by atoms with Crippen molar-refractivity contribution in [2.45, 2.75) is 25.8 Å². The first-order chi connectivity index (χ1) is 13.7. The first-order valence-corrected chi connectivity index (χ1v) is 10.5. The Bertz CT molecular complexity index is 1040. The molecule has 1 aliphatic carbocycles. The minimum Gasteiger partial charge on any atom is -0.353 e. The number of nitro benzene ring substituents is 1. The van der Waals surface area contributed by atoms with Gasteiger partial charge in [-0.2, -0.15) is 0 Å². The number of hydrogen-bond donors (Lipinski definition) is 0. The van der Waals surface area contributed by atoms with E-state index in [0.29, 0.717) is 0 Å². The number of aromatic nitrogens is 2. The van der Waals surface area contributed by atoms with Crippen LogP contribution in [0.15, 0.2) is 30.6 Å².